The van der Waals surface area contributed by atoms with Crippen molar-refractivity contribution in [2.24, 2.45) is 0 Å². The lowest BCUT2D eigenvalue weighted by Crippen LogP contribution is -2.25. The summed E-state index contributed by atoms with van der Waals surface area (Å²) in [6.45, 7) is -0.0349. The second kappa shape index (κ2) is 6.45. The molecule has 0 aliphatic heterocycles. The molecule has 1 heterocycles. The molecule has 0 aliphatic rings. The first-order chi connectivity index (χ1) is 11.1. The number of tetrazole rings is 1. The van der Waals surface area contributed by atoms with Crippen LogP contribution in [0.15, 0.2) is 59.5 Å². The first-order valence-electron chi connectivity index (χ1n) is 6.64. The second-order valence-corrected chi connectivity index (χ2v) is 6.82. The van der Waals surface area contributed by atoms with E-state index in [0.717, 1.165) is 5.69 Å². The highest BCUT2D eigenvalue weighted by molar-refractivity contribution is 7.89. The Morgan fingerprint density at radius 1 is 1.04 bits per heavy atom. The molecule has 2 aromatic carbocycles. The minimum atomic E-state index is -3.67. The van der Waals surface area contributed by atoms with Crippen LogP contribution in [0.3, 0.4) is 0 Å². The van der Waals surface area contributed by atoms with Gasteiger partial charge in [0.1, 0.15) is 0 Å². The van der Waals surface area contributed by atoms with Crippen molar-refractivity contribution >= 4 is 21.6 Å². The van der Waals surface area contributed by atoms with Crippen molar-refractivity contribution in [3.8, 4) is 5.69 Å². The van der Waals surface area contributed by atoms with Crippen molar-refractivity contribution in [2.45, 2.75) is 11.4 Å². The monoisotopic (exact) mass is 349 g/mol. The van der Waals surface area contributed by atoms with Crippen molar-refractivity contribution in [1.29, 1.82) is 0 Å². The van der Waals surface area contributed by atoms with Crippen LogP contribution in [0.1, 0.15) is 5.82 Å². The van der Waals surface area contributed by atoms with Crippen LogP contribution < -0.4 is 4.72 Å². The van der Waals surface area contributed by atoms with Gasteiger partial charge in [-0.15, -0.1) is 5.10 Å². The molecule has 0 amide bonds. The molecule has 1 N–H and O–H groups in total. The number of halogens is 1. The summed E-state index contributed by atoms with van der Waals surface area (Å²) in [5.41, 5.74) is 0.748. The molecule has 7 nitrogen and oxygen atoms in total. The fraction of sp³-hybridized carbons (Fsp3) is 0.0714. The highest BCUT2D eigenvalue weighted by atomic mass is 35.5. The Hall–Kier alpha value is -2.29. The molecule has 0 atom stereocenters. The molecule has 0 saturated heterocycles. The predicted molar refractivity (Wildman–Crippen MR) is 84.6 cm³/mol. The predicted octanol–water partition coefficient (Wildman–Crippen LogP) is 1.79. The highest BCUT2D eigenvalue weighted by Crippen LogP contribution is 2.14. The van der Waals surface area contributed by atoms with Crippen LogP contribution in [0.25, 0.3) is 5.69 Å². The van der Waals surface area contributed by atoms with Crippen molar-refractivity contribution in [3.63, 3.8) is 0 Å². The van der Waals surface area contributed by atoms with Crippen molar-refractivity contribution in [2.75, 3.05) is 0 Å². The fourth-order valence-electron chi connectivity index (χ4n) is 1.94. The topological polar surface area (TPSA) is 89.8 Å². The number of aromatic nitrogens is 4. The zero-order valence-electron chi connectivity index (χ0n) is 11.8. The maximum Gasteiger partial charge on any atom is 0.240 e. The summed E-state index contributed by atoms with van der Waals surface area (Å²) in [6, 6.07) is 15.1. The van der Waals surface area contributed by atoms with Gasteiger partial charge in [-0.2, -0.15) is 4.68 Å². The Kier molecular flexibility index (Phi) is 4.37. The molecule has 3 aromatic rings. The molecule has 9 heteroatoms. The van der Waals surface area contributed by atoms with E-state index in [2.05, 4.69) is 20.2 Å². The normalized spacial score (nSPS) is 11.5. The summed E-state index contributed by atoms with van der Waals surface area (Å²) in [7, 11) is -3.67. The number of nitrogens with one attached hydrogen (secondary N) is 1. The van der Waals surface area contributed by atoms with Gasteiger partial charge in [0.25, 0.3) is 0 Å². The maximum atomic E-state index is 12.3. The third-order valence-electron chi connectivity index (χ3n) is 3.08. The van der Waals surface area contributed by atoms with Gasteiger partial charge in [0.05, 0.1) is 17.1 Å². The Morgan fingerprint density at radius 3 is 2.43 bits per heavy atom. The minimum Gasteiger partial charge on any atom is -0.207 e. The van der Waals surface area contributed by atoms with Gasteiger partial charge in [0.2, 0.25) is 10.0 Å². The number of rotatable bonds is 5. The smallest absolute Gasteiger partial charge is 0.207 e. The highest BCUT2D eigenvalue weighted by Gasteiger charge is 2.16. The van der Waals surface area contributed by atoms with E-state index in [4.69, 9.17) is 11.6 Å². The molecule has 0 spiro atoms. The molecule has 0 aliphatic carbocycles. The zero-order chi connectivity index (χ0) is 16.3. The molecule has 0 bridgehead atoms. The van der Waals surface area contributed by atoms with E-state index in [1.807, 2.05) is 30.3 Å². The first-order valence-corrected chi connectivity index (χ1v) is 8.50. The standard InChI is InChI=1S/C14H12ClN5O2S/c15-11-6-8-13(9-7-11)23(21,22)16-10-14-17-18-19-20(14)12-4-2-1-3-5-12/h1-9,16H,10H2. The lowest BCUT2D eigenvalue weighted by molar-refractivity contribution is 0.578. The molecule has 0 saturated carbocycles. The second-order valence-electron chi connectivity index (χ2n) is 4.62. The number of hydrogen-bond acceptors (Lipinski definition) is 5. The van der Waals surface area contributed by atoms with Gasteiger partial charge in [-0.1, -0.05) is 29.8 Å². The first kappa shape index (κ1) is 15.6. The summed E-state index contributed by atoms with van der Waals surface area (Å²) in [5, 5.41) is 11.8. The SMILES string of the molecule is O=S(=O)(NCc1nnnn1-c1ccccc1)c1ccc(Cl)cc1. The Morgan fingerprint density at radius 2 is 1.74 bits per heavy atom. The number of sulfonamides is 1. The van der Waals surface area contributed by atoms with E-state index in [1.54, 1.807) is 0 Å². The van der Waals surface area contributed by atoms with Gasteiger partial charge >= 0.3 is 0 Å². The molecule has 1 aromatic heterocycles. The maximum absolute atomic E-state index is 12.3. The van der Waals surface area contributed by atoms with Gasteiger partial charge in [-0.3, -0.25) is 0 Å². The quantitative estimate of drug-likeness (QED) is 0.758. The van der Waals surface area contributed by atoms with E-state index in [9.17, 15) is 8.42 Å². The van der Waals surface area contributed by atoms with Crippen LogP contribution in [0.4, 0.5) is 0 Å². The summed E-state index contributed by atoms with van der Waals surface area (Å²) >= 11 is 5.76. The zero-order valence-corrected chi connectivity index (χ0v) is 13.4. The van der Waals surface area contributed by atoms with Crippen LogP contribution in [-0.2, 0) is 16.6 Å². The van der Waals surface area contributed by atoms with Crippen molar-refractivity contribution in [1.82, 2.24) is 24.9 Å². The molecule has 0 radical (unpaired) electrons. The summed E-state index contributed by atoms with van der Waals surface area (Å²) < 4.78 is 28.5. The van der Waals surface area contributed by atoms with E-state index in [1.165, 1.54) is 28.9 Å². The molecular formula is C14H12ClN5O2S. The fourth-order valence-corrected chi connectivity index (χ4v) is 3.05. The van der Waals surface area contributed by atoms with Gasteiger partial charge in [0.15, 0.2) is 5.82 Å². The summed E-state index contributed by atoms with van der Waals surface area (Å²) in [5.74, 6) is 0.383. The number of benzene rings is 2. The van der Waals surface area contributed by atoms with E-state index >= 15 is 0 Å². The molecule has 118 valence electrons. The Balaban J connectivity index is 1.79. The van der Waals surface area contributed by atoms with Crippen LogP contribution in [0.5, 0.6) is 0 Å². The number of para-hydroxylation sites is 1. The lowest BCUT2D eigenvalue weighted by Gasteiger charge is -2.07. The van der Waals surface area contributed by atoms with Gasteiger partial charge in [-0.25, -0.2) is 13.1 Å². The van der Waals surface area contributed by atoms with Crippen LogP contribution in [0.2, 0.25) is 5.02 Å². The Bertz CT molecular complexity index is 894. The third kappa shape index (κ3) is 3.55. The van der Waals surface area contributed by atoms with Gasteiger partial charge in [0, 0.05) is 5.02 Å². The van der Waals surface area contributed by atoms with Crippen LogP contribution >= 0.6 is 11.6 Å². The molecule has 23 heavy (non-hydrogen) atoms. The van der Waals surface area contributed by atoms with Crippen molar-refractivity contribution in [3.05, 3.63) is 65.4 Å². The lowest BCUT2D eigenvalue weighted by atomic mass is 10.3. The minimum absolute atomic E-state index is 0.0349. The van der Waals surface area contributed by atoms with Crippen LogP contribution in [-0.4, -0.2) is 28.6 Å². The Labute approximate surface area is 138 Å². The van der Waals surface area contributed by atoms with Crippen molar-refractivity contribution < 1.29 is 8.42 Å². The van der Waals surface area contributed by atoms with Crippen LogP contribution in [0, 0.1) is 0 Å². The average Bonchev–Trinajstić information content (AvgIpc) is 3.03. The molecule has 3 rings (SSSR count). The molecule has 0 unspecified atom stereocenters. The summed E-state index contributed by atoms with van der Waals surface area (Å²) in [4.78, 5) is 0.126. The van der Waals surface area contributed by atoms with E-state index in [-0.39, 0.29) is 11.4 Å². The molecule has 0 fully saturated rings. The van der Waals surface area contributed by atoms with E-state index in [0.29, 0.717) is 10.8 Å². The largest absolute Gasteiger partial charge is 0.240 e. The average molecular weight is 350 g/mol. The molecular weight excluding hydrogens is 338 g/mol. The van der Waals surface area contributed by atoms with Gasteiger partial charge < -0.3 is 0 Å². The van der Waals surface area contributed by atoms with Gasteiger partial charge in [-0.05, 0) is 46.8 Å². The van der Waals surface area contributed by atoms with E-state index < -0.39 is 10.0 Å². The summed E-state index contributed by atoms with van der Waals surface area (Å²) in [6.07, 6.45) is 0. The number of nitrogens with zero attached hydrogens (tertiary/aromatic N) is 4. The number of hydrogen-bond donors (Lipinski definition) is 1. The third-order valence-corrected chi connectivity index (χ3v) is 4.75.